The van der Waals surface area contributed by atoms with E-state index in [9.17, 15) is 0 Å². The summed E-state index contributed by atoms with van der Waals surface area (Å²) in [6.07, 6.45) is 1.59. The topological polar surface area (TPSA) is 36.1 Å². The van der Waals surface area contributed by atoms with Gasteiger partial charge in [-0.15, -0.1) is 0 Å². The first-order valence-corrected chi connectivity index (χ1v) is 7.16. The van der Waals surface area contributed by atoms with Gasteiger partial charge in [0.15, 0.2) is 0 Å². The maximum absolute atomic E-state index is 8.44. The number of fused-ring (bicyclic) bond motifs is 1. The standard InChI is InChI=1S/C12H12N2S2/c13-7-3-4-8-15-12-14-11-6-2-1-5-10(11)9-16-12/h1-2,5-6H,3-4,8-9H2. The average Bonchev–Trinajstić information content (AvgIpc) is 2.34. The second-order valence-electron chi connectivity index (χ2n) is 3.41. The lowest BCUT2D eigenvalue weighted by Gasteiger charge is -2.13. The Labute approximate surface area is 104 Å². The summed E-state index contributed by atoms with van der Waals surface area (Å²) in [5, 5.41) is 8.44. The highest BCUT2D eigenvalue weighted by Gasteiger charge is 2.11. The minimum absolute atomic E-state index is 0.640. The molecule has 0 radical (unpaired) electrons. The van der Waals surface area contributed by atoms with Gasteiger partial charge >= 0.3 is 0 Å². The predicted octanol–water partition coefficient (Wildman–Crippen LogP) is 3.96. The number of hydrogen-bond acceptors (Lipinski definition) is 4. The van der Waals surface area contributed by atoms with E-state index in [0.717, 1.165) is 28.0 Å². The minimum Gasteiger partial charge on any atom is -0.235 e. The van der Waals surface area contributed by atoms with Gasteiger partial charge < -0.3 is 0 Å². The van der Waals surface area contributed by atoms with Crippen LogP contribution in [-0.4, -0.2) is 10.1 Å². The maximum atomic E-state index is 8.44. The van der Waals surface area contributed by atoms with Gasteiger partial charge in [-0.1, -0.05) is 41.7 Å². The number of nitrogens with zero attached hydrogens (tertiary/aromatic N) is 2. The van der Waals surface area contributed by atoms with E-state index in [-0.39, 0.29) is 0 Å². The van der Waals surface area contributed by atoms with E-state index in [1.165, 1.54) is 5.56 Å². The van der Waals surface area contributed by atoms with E-state index in [1.54, 1.807) is 23.5 Å². The molecule has 0 aromatic heterocycles. The smallest absolute Gasteiger partial charge is 0.130 e. The molecular formula is C12H12N2S2. The summed E-state index contributed by atoms with van der Waals surface area (Å²) in [4.78, 5) is 4.60. The lowest BCUT2D eigenvalue weighted by Crippen LogP contribution is -1.96. The molecule has 0 N–H and O–H groups in total. The molecule has 0 aliphatic carbocycles. The number of unbranched alkanes of at least 4 members (excludes halogenated alkanes) is 1. The molecule has 1 aliphatic heterocycles. The Bertz CT molecular complexity index is 435. The van der Waals surface area contributed by atoms with Gasteiger partial charge in [-0.25, -0.2) is 4.99 Å². The Morgan fingerprint density at radius 2 is 2.31 bits per heavy atom. The van der Waals surface area contributed by atoms with Crippen molar-refractivity contribution in [2.75, 3.05) is 5.75 Å². The first-order valence-electron chi connectivity index (χ1n) is 5.19. The molecule has 0 unspecified atom stereocenters. The molecule has 0 amide bonds. The second kappa shape index (κ2) is 5.97. The zero-order valence-electron chi connectivity index (χ0n) is 8.85. The quantitative estimate of drug-likeness (QED) is 0.760. The molecule has 0 atom stereocenters. The van der Waals surface area contributed by atoms with E-state index in [0.29, 0.717) is 6.42 Å². The molecule has 1 aromatic carbocycles. The first kappa shape index (κ1) is 11.6. The summed E-state index contributed by atoms with van der Waals surface area (Å²) in [5.74, 6) is 2.00. The van der Waals surface area contributed by atoms with Gasteiger partial charge in [0, 0.05) is 17.9 Å². The monoisotopic (exact) mass is 248 g/mol. The molecule has 82 valence electrons. The van der Waals surface area contributed by atoms with Crippen LogP contribution in [0.15, 0.2) is 29.3 Å². The Balaban J connectivity index is 1.94. The van der Waals surface area contributed by atoms with Gasteiger partial charge in [-0.05, 0) is 18.1 Å². The van der Waals surface area contributed by atoms with Gasteiger partial charge in [0.25, 0.3) is 0 Å². The van der Waals surface area contributed by atoms with E-state index in [4.69, 9.17) is 5.26 Å². The number of rotatable bonds is 3. The van der Waals surface area contributed by atoms with Crippen LogP contribution in [0, 0.1) is 11.3 Å². The van der Waals surface area contributed by atoms with Gasteiger partial charge in [0.05, 0.1) is 11.8 Å². The fraction of sp³-hybridized carbons (Fsp3) is 0.333. The molecule has 2 rings (SSSR count). The largest absolute Gasteiger partial charge is 0.235 e. The van der Waals surface area contributed by atoms with Crippen LogP contribution >= 0.6 is 23.5 Å². The van der Waals surface area contributed by atoms with Gasteiger partial charge in [-0.3, -0.25) is 0 Å². The summed E-state index contributed by atoms with van der Waals surface area (Å²) in [6, 6.07) is 10.4. The molecule has 0 saturated heterocycles. The van der Waals surface area contributed by atoms with Crippen LogP contribution in [0.3, 0.4) is 0 Å². The highest BCUT2D eigenvalue weighted by atomic mass is 32.2. The van der Waals surface area contributed by atoms with Crippen molar-refractivity contribution in [1.29, 1.82) is 5.26 Å². The lowest BCUT2D eigenvalue weighted by molar-refractivity contribution is 0.984. The highest BCUT2D eigenvalue weighted by Crippen LogP contribution is 2.34. The number of nitriles is 1. The van der Waals surface area contributed by atoms with E-state index >= 15 is 0 Å². The van der Waals surface area contributed by atoms with Crippen LogP contribution in [0.5, 0.6) is 0 Å². The van der Waals surface area contributed by atoms with Crippen molar-refractivity contribution >= 4 is 33.6 Å². The Kier molecular flexibility index (Phi) is 4.32. The molecule has 1 heterocycles. The highest BCUT2D eigenvalue weighted by molar-refractivity contribution is 8.38. The third kappa shape index (κ3) is 3.03. The molecule has 4 heteroatoms. The van der Waals surface area contributed by atoms with Crippen molar-refractivity contribution in [3.63, 3.8) is 0 Å². The third-order valence-corrected chi connectivity index (χ3v) is 4.54. The zero-order valence-corrected chi connectivity index (χ0v) is 10.5. The summed E-state index contributed by atoms with van der Waals surface area (Å²) in [7, 11) is 0. The van der Waals surface area contributed by atoms with Crippen LogP contribution in [0.25, 0.3) is 0 Å². The Hall–Kier alpha value is -0.920. The number of para-hydroxylation sites is 1. The minimum atomic E-state index is 0.640. The number of benzene rings is 1. The molecular weight excluding hydrogens is 236 g/mol. The number of aliphatic imine (C=N–C) groups is 1. The normalized spacial score (nSPS) is 13.8. The fourth-order valence-electron chi connectivity index (χ4n) is 1.40. The zero-order chi connectivity index (χ0) is 11.2. The SMILES string of the molecule is N#CCCCSC1=Nc2ccccc2CS1. The van der Waals surface area contributed by atoms with E-state index < -0.39 is 0 Å². The summed E-state index contributed by atoms with van der Waals surface area (Å²) >= 11 is 3.56. The molecule has 1 aliphatic rings. The van der Waals surface area contributed by atoms with Crippen molar-refractivity contribution in [3.05, 3.63) is 29.8 Å². The van der Waals surface area contributed by atoms with Crippen LogP contribution < -0.4 is 0 Å². The number of thioether (sulfide) groups is 2. The molecule has 0 saturated carbocycles. The molecule has 1 aromatic rings. The van der Waals surface area contributed by atoms with E-state index in [2.05, 4.69) is 29.3 Å². The van der Waals surface area contributed by atoms with Crippen molar-refractivity contribution in [3.8, 4) is 6.07 Å². The van der Waals surface area contributed by atoms with Crippen LogP contribution in [0.2, 0.25) is 0 Å². The van der Waals surface area contributed by atoms with Gasteiger partial charge in [0.2, 0.25) is 0 Å². The molecule has 0 fully saturated rings. The Morgan fingerprint density at radius 1 is 1.44 bits per heavy atom. The second-order valence-corrected chi connectivity index (χ2v) is 5.71. The Morgan fingerprint density at radius 3 is 3.19 bits per heavy atom. The lowest BCUT2D eigenvalue weighted by atomic mass is 10.2. The maximum Gasteiger partial charge on any atom is 0.130 e. The van der Waals surface area contributed by atoms with Crippen molar-refractivity contribution in [1.82, 2.24) is 0 Å². The third-order valence-electron chi connectivity index (χ3n) is 2.21. The predicted molar refractivity (Wildman–Crippen MR) is 72.1 cm³/mol. The number of hydrogen-bond donors (Lipinski definition) is 0. The average molecular weight is 248 g/mol. The summed E-state index contributed by atoms with van der Waals surface area (Å²) < 4.78 is 1.14. The van der Waals surface area contributed by atoms with Gasteiger partial charge in [-0.2, -0.15) is 5.26 Å². The van der Waals surface area contributed by atoms with Crippen molar-refractivity contribution < 1.29 is 0 Å². The molecule has 2 nitrogen and oxygen atoms in total. The van der Waals surface area contributed by atoms with Gasteiger partial charge in [0.1, 0.15) is 4.38 Å². The summed E-state index contributed by atoms with van der Waals surface area (Å²) in [6.45, 7) is 0. The first-order chi connectivity index (χ1) is 7.90. The van der Waals surface area contributed by atoms with Crippen molar-refractivity contribution in [2.24, 2.45) is 4.99 Å². The molecule has 16 heavy (non-hydrogen) atoms. The van der Waals surface area contributed by atoms with Crippen LogP contribution in [-0.2, 0) is 5.75 Å². The molecule has 0 spiro atoms. The fourth-order valence-corrected chi connectivity index (χ4v) is 3.47. The van der Waals surface area contributed by atoms with Crippen LogP contribution in [0.4, 0.5) is 5.69 Å². The van der Waals surface area contributed by atoms with E-state index in [1.807, 2.05) is 6.07 Å². The van der Waals surface area contributed by atoms with Crippen LogP contribution in [0.1, 0.15) is 18.4 Å². The van der Waals surface area contributed by atoms with Crippen molar-refractivity contribution in [2.45, 2.75) is 18.6 Å². The molecule has 0 bridgehead atoms. The summed E-state index contributed by atoms with van der Waals surface area (Å²) in [5.41, 5.74) is 2.41.